The molecule has 4 nitrogen and oxygen atoms in total. The van der Waals surface area contributed by atoms with Gasteiger partial charge in [-0.15, -0.1) is 0 Å². The minimum absolute atomic E-state index is 0.0840. The highest BCUT2D eigenvalue weighted by Gasteiger charge is 2.44. The Morgan fingerprint density at radius 1 is 1.39 bits per heavy atom. The SMILES string of the molecule is COc1ccc(C2C(N)CS2(=O)=O)cc1C(C)C. The van der Waals surface area contributed by atoms with Gasteiger partial charge in [0.15, 0.2) is 9.84 Å². The number of sulfone groups is 1. The van der Waals surface area contributed by atoms with Crippen LogP contribution in [0.3, 0.4) is 0 Å². The summed E-state index contributed by atoms with van der Waals surface area (Å²) in [7, 11) is -1.43. The van der Waals surface area contributed by atoms with Crippen LogP contribution < -0.4 is 10.5 Å². The van der Waals surface area contributed by atoms with E-state index in [9.17, 15) is 8.42 Å². The number of methoxy groups -OCH3 is 1. The van der Waals surface area contributed by atoms with Crippen LogP contribution in [0.5, 0.6) is 5.75 Å². The second-order valence-electron chi connectivity index (χ2n) is 5.07. The molecular formula is C13H19NO3S. The van der Waals surface area contributed by atoms with E-state index in [2.05, 4.69) is 13.8 Å². The predicted octanol–water partition coefficient (Wildman–Crippen LogP) is 1.62. The summed E-state index contributed by atoms with van der Waals surface area (Å²) in [4.78, 5) is 0. The van der Waals surface area contributed by atoms with Crippen LogP contribution in [0, 0.1) is 0 Å². The molecule has 1 saturated heterocycles. The van der Waals surface area contributed by atoms with Crippen molar-refractivity contribution in [2.75, 3.05) is 12.9 Å². The largest absolute Gasteiger partial charge is 0.496 e. The molecule has 2 N–H and O–H groups in total. The molecule has 2 atom stereocenters. The molecule has 0 aromatic heterocycles. The van der Waals surface area contributed by atoms with Crippen LogP contribution in [0.2, 0.25) is 0 Å². The molecule has 1 aromatic rings. The molecule has 1 aliphatic heterocycles. The number of hydrogen-bond donors (Lipinski definition) is 1. The van der Waals surface area contributed by atoms with Gasteiger partial charge in [0.2, 0.25) is 0 Å². The highest BCUT2D eigenvalue weighted by atomic mass is 32.2. The third kappa shape index (κ3) is 2.12. The van der Waals surface area contributed by atoms with Crippen LogP contribution in [0.1, 0.15) is 36.1 Å². The van der Waals surface area contributed by atoms with E-state index in [1.807, 2.05) is 12.1 Å². The Morgan fingerprint density at radius 2 is 2.06 bits per heavy atom. The number of benzene rings is 1. The van der Waals surface area contributed by atoms with E-state index in [0.717, 1.165) is 16.9 Å². The molecule has 100 valence electrons. The van der Waals surface area contributed by atoms with Crippen LogP contribution in [0.4, 0.5) is 0 Å². The molecule has 0 radical (unpaired) electrons. The Bertz CT molecular complexity index is 551. The van der Waals surface area contributed by atoms with Gasteiger partial charge in [-0.05, 0) is 23.1 Å². The topological polar surface area (TPSA) is 69.4 Å². The summed E-state index contributed by atoms with van der Waals surface area (Å²) in [5, 5.41) is -0.555. The maximum atomic E-state index is 11.8. The van der Waals surface area contributed by atoms with Gasteiger partial charge in [-0.25, -0.2) is 8.42 Å². The molecule has 1 heterocycles. The smallest absolute Gasteiger partial charge is 0.160 e. The van der Waals surface area contributed by atoms with Gasteiger partial charge in [0, 0.05) is 6.04 Å². The summed E-state index contributed by atoms with van der Waals surface area (Å²) in [6.07, 6.45) is 0. The van der Waals surface area contributed by atoms with Crippen molar-refractivity contribution in [1.82, 2.24) is 0 Å². The standard InChI is InChI=1S/C13H19NO3S/c1-8(2)10-6-9(4-5-12(10)17-3)13-11(14)7-18(13,15)16/h4-6,8,11,13H,7,14H2,1-3H3. The molecule has 0 saturated carbocycles. The molecule has 0 bridgehead atoms. The zero-order valence-corrected chi connectivity index (χ0v) is 11.7. The van der Waals surface area contributed by atoms with Crippen molar-refractivity contribution in [3.63, 3.8) is 0 Å². The third-order valence-electron chi connectivity index (χ3n) is 3.40. The zero-order chi connectivity index (χ0) is 13.5. The summed E-state index contributed by atoms with van der Waals surface area (Å²) in [5.41, 5.74) is 7.61. The summed E-state index contributed by atoms with van der Waals surface area (Å²) in [6, 6.07) is 5.24. The fourth-order valence-corrected chi connectivity index (χ4v) is 4.21. The highest BCUT2D eigenvalue weighted by Crippen LogP contribution is 2.38. The minimum Gasteiger partial charge on any atom is -0.496 e. The predicted molar refractivity (Wildman–Crippen MR) is 71.6 cm³/mol. The van der Waals surface area contributed by atoms with Crippen LogP contribution in [-0.4, -0.2) is 27.3 Å². The average molecular weight is 269 g/mol. The van der Waals surface area contributed by atoms with E-state index in [4.69, 9.17) is 10.5 Å². The van der Waals surface area contributed by atoms with Crippen molar-refractivity contribution in [1.29, 1.82) is 0 Å². The Balaban J connectivity index is 2.44. The fraction of sp³-hybridized carbons (Fsp3) is 0.538. The van der Waals surface area contributed by atoms with Crippen molar-refractivity contribution in [2.24, 2.45) is 5.73 Å². The maximum Gasteiger partial charge on any atom is 0.160 e. The first kappa shape index (κ1) is 13.4. The fourth-order valence-electron chi connectivity index (χ4n) is 2.44. The molecule has 5 heteroatoms. The molecule has 2 rings (SSSR count). The molecule has 1 aliphatic rings. The van der Waals surface area contributed by atoms with Gasteiger partial charge < -0.3 is 10.5 Å². The first-order chi connectivity index (χ1) is 8.36. The van der Waals surface area contributed by atoms with E-state index >= 15 is 0 Å². The lowest BCUT2D eigenvalue weighted by molar-refractivity contribution is 0.407. The summed E-state index contributed by atoms with van der Waals surface area (Å²) < 4.78 is 28.8. The van der Waals surface area contributed by atoms with Gasteiger partial charge in [-0.2, -0.15) is 0 Å². The second-order valence-corrected chi connectivity index (χ2v) is 7.24. The average Bonchev–Trinajstić information content (AvgIpc) is 2.27. The zero-order valence-electron chi connectivity index (χ0n) is 10.9. The lowest BCUT2D eigenvalue weighted by atomic mass is 9.96. The lowest BCUT2D eigenvalue weighted by Crippen LogP contribution is -2.50. The molecule has 2 unspecified atom stereocenters. The van der Waals surface area contributed by atoms with E-state index in [1.54, 1.807) is 13.2 Å². The number of nitrogens with two attached hydrogens (primary N) is 1. The van der Waals surface area contributed by atoms with E-state index in [-0.39, 0.29) is 17.7 Å². The van der Waals surface area contributed by atoms with Gasteiger partial charge >= 0.3 is 0 Å². The molecule has 0 aliphatic carbocycles. The Labute approximate surface area is 108 Å². The molecular weight excluding hydrogens is 250 g/mol. The summed E-state index contributed by atoms with van der Waals surface area (Å²) in [5.74, 6) is 1.15. The summed E-state index contributed by atoms with van der Waals surface area (Å²) >= 11 is 0. The van der Waals surface area contributed by atoms with E-state index in [0.29, 0.717) is 0 Å². The second kappa shape index (κ2) is 4.55. The number of rotatable bonds is 3. The monoisotopic (exact) mass is 269 g/mol. The quantitative estimate of drug-likeness (QED) is 0.905. The minimum atomic E-state index is -3.05. The molecule has 18 heavy (non-hydrogen) atoms. The first-order valence-corrected chi connectivity index (χ1v) is 7.73. The Kier molecular flexibility index (Phi) is 3.38. The molecule has 0 amide bonds. The first-order valence-electron chi connectivity index (χ1n) is 6.02. The van der Waals surface area contributed by atoms with Crippen molar-refractivity contribution in [3.05, 3.63) is 29.3 Å². The van der Waals surface area contributed by atoms with Crippen molar-refractivity contribution < 1.29 is 13.2 Å². The van der Waals surface area contributed by atoms with Gasteiger partial charge in [0.05, 0.1) is 12.9 Å². The molecule has 1 fully saturated rings. The van der Waals surface area contributed by atoms with E-state index in [1.165, 1.54) is 0 Å². The number of ether oxygens (including phenoxy) is 1. The Morgan fingerprint density at radius 3 is 2.50 bits per heavy atom. The van der Waals surface area contributed by atoms with E-state index < -0.39 is 15.1 Å². The van der Waals surface area contributed by atoms with Crippen LogP contribution in [0.25, 0.3) is 0 Å². The van der Waals surface area contributed by atoms with Crippen molar-refractivity contribution >= 4 is 9.84 Å². The van der Waals surface area contributed by atoms with Gasteiger partial charge in [-0.1, -0.05) is 26.0 Å². The summed E-state index contributed by atoms with van der Waals surface area (Å²) in [6.45, 7) is 4.10. The molecule has 0 spiro atoms. The van der Waals surface area contributed by atoms with Crippen molar-refractivity contribution in [3.8, 4) is 5.75 Å². The van der Waals surface area contributed by atoms with Gasteiger partial charge in [0.1, 0.15) is 11.0 Å². The normalized spacial score (nSPS) is 25.8. The molecule has 1 aromatic carbocycles. The number of hydrogen-bond acceptors (Lipinski definition) is 4. The third-order valence-corrected chi connectivity index (χ3v) is 5.65. The van der Waals surface area contributed by atoms with Crippen molar-refractivity contribution in [2.45, 2.75) is 31.1 Å². The van der Waals surface area contributed by atoms with Gasteiger partial charge in [0.25, 0.3) is 0 Å². The Hall–Kier alpha value is -1.07. The van der Waals surface area contributed by atoms with Gasteiger partial charge in [-0.3, -0.25) is 0 Å². The maximum absolute atomic E-state index is 11.8. The van der Waals surface area contributed by atoms with Crippen LogP contribution in [0.15, 0.2) is 18.2 Å². The lowest BCUT2D eigenvalue weighted by Gasteiger charge is -2.34. The van der Waals surface area contributed by atoms with Crippen LogP contribution >= 0.6 is 0 Å². The van der Waals surface area contributed by atoms with Crippen LogP contribution in [-0.2, 0) is 9.84 Å². The highest BCUT2D eigenvalue weighted by molar-refractivity contribution is 7.93.